The maximum absolute atomic E-state index is 12.8. The fraction of sp³-hybridized carbons (Fsp3) is 0.0667. The third kappa shape index (κ3) is 1.59. The molecular formula is C15H14N4O2. The molecule has 2 aromatic carbocycles. The molecule has 0 heterocycles. The van der Waals surface area contributed by atoms with Crippen molar-refractivity contribution in [3.8, 4) is 0 Å². The van der Waals surface area contributed by atoms with E-state index in [1.54, 1.807) is 19.2 Å². The first-order valence-corrected chi connectivity index (χ1v) is 6.35. The van der Waals surface area contributed by atoms with Gasteiger partial charge in [0.05, 0.1) is 22.3 Å². The van der Waals surface area contributed by atoms with E-state index in [1.165, 1.54) is 12.1 Å². The minimum atomic E-state index is -0.376. The van der Waals surface area contributed by atoms with E-state index in [4.69, 9.17) is 17.2 Å². The molecule has 0 saturated carbocycles. The highest BCUT2D eigenvalue weighted by atomic mass is 16.1. The summed E-state index contributed by atoms with van der Waals surface area (Å²) in [5.41, 5.74) is 19.5. The fourth-order valence-corrected chi connectivity index (χ4v) is 2.68. The van der Waals surface area contributed by atoms with Crippen molar-refractivity contribution in [1.82, 2.24) is 0 Å². The van der Waals surface area contributed by atoms with Crippen LogP contribution >= 0.6 is 0 Å². The van der Waals surface area contributed by atoms with Gasteiger partial charge in [0, 0.05) is 29.8 Å². The molecule has 3 rings (SSSR count). The lowest BCUT2D eigenvalue weighted by molar-refractivity contribution is 0.0981. The number of nitrogens with one attached hydrogen (secondary N) is 1. The Hall–Kier alpha value is -3.02. The van der Waals surface area contributed by atoms with Crippen molar-refractivity contribution >= 4 is 34.3 Å². The molecule has 0 saturated heterocycles. The number of anilines is 4. The lowest BCUT2D eigenvalue weighted by Crippen LogP contribution is -2.26. The van der Waals surface area contributed by atoms with E-state index in [9.17, 15) is 9.59 Å². The maximum Gasteiger partial charge on any atom is 0.198 e. The first kappa shape index (κ1) is 13.0. The van der Waals surface area contributed by atoms with Gasteiger partial charge in [-0.15, -0.1) is 0 Å². The van der Waals surface area contributed by atoms with Crippen LogP contribution in [0.4, 0.5) is 22.7 Å². The number of ketones is 2. The van der Waals surface area contributed by atoms with Gasteiger partial charge in [0.15, 0.2) is 11.6 Å². The lowest BCUT2D eigenvalue weighted by Gasteiger charge is -2.23. The molecule has 0 aliphatic heterocycles. The second-order valence-corrected chi connectivity index (χ2v) is 4.85. The zero-order chi connectivity index (χ0) is 15.3. The minimum Gasteiger partial charge on any atom is -0.398 e. The number of carbonyl (C=O) groups is 2. The molecule has 0 bridgehead atoms. The second-order valence-electron chi connectivity index (χ2n) is 4.85. The molecule has 6 nitrogen and oxygen atoms in total. The van der Waals surface area contributed by atoms with Crippen LogP contribution in [0.3, 0.4) is 0 Å². The van der Waals surface area contributed by atoms with Gasteiger partial charge in [-0.25, -0.2) is 0 Å². The molecule has 0 radical (unpaired) electrons. The number of carbonyl (C=O) groups excluding carboxylic acids is 2. The molecule has 0 atom stereocenters. The highest BCUT2D eigenvalue weighted by Gasteiger charge is 2.36. The molecule has 1 aliphatic rings. The molecule has 1 aliphatic carbocycles. The molecule has 2 aromatic rings. The number of hydrogen-bond acceptors (Lipinski definition) is 6. The van der Waals surface area contributed by atoms with Crippen LogP contribution in [0.25, 0.3) is 0 Å². The van der Waals surface area contributed by atoms with Gasteiger partial charge in [-0.05, 0) is 24.3 Å². The second kappa shape index (κ2) is 4.24. The number of nitrogens with two attached hydrogens (primary N) is 3. The van der Waals surface area contributed by atoms with Crippen molar-refractivity contribution in [3.63, 3.8) is 0 Å². The van der Waals surface area contributed by atoms with E-state index in [0.717, 1.165) is 0 Å². The van der Waals surface area contributed by atoms with E-state index in [0.29, 0.717) is 5.69 Å². The van der Waals surface area contributed by atoms with E-state index >= 15 is 0 Å². The summed E-state index contributed by atoms with van der Waals surface area (Å²) in [6.45, 7) is 0. The van der Waals surface area contributed by atoms with E-state index < -0.39 is 0 Å². The monoisotopic (exact) mass is 282 g/mol. The van der Waals surface area contributed by atoms with Gasteiger partial charge in [-0.2, -0.15) is 0 Å². The predicted octanol–water partition coefficient (Wildman–Crippen LogP) is 1.25. The molecule has 0 fully saturated rings. The molecule has 0 amide bonds. The zero-order valence-corrected chi connectivity index (χ0v) is 11.4. The highest BCUT2D eigenvalue weighted by Crippen LogP contribution is 2.39. The van der Waals surface area contributed by atoms with Gasteiger partial charge in [0.2, 0.25) is 0 Å². The summed E-state index contributed by atoms with van der Waals surface area (Å²) in [7, 11) is 1.67. The summed E-state index contributed by atoms with van der Waals surface area (Å²) in [5.74, 6) is -0.722. The number of fused-ring (bicyclic) bond motifs is 2. The van der Waals surface area contributed by atoms with Crippen molar-refractivity contribution in [3.05, 3.63) is 46.5 Å². The number of nitrogen functional groups attached to an aromatic ring is 3. The SMILES string of the molecule is CNc1ccc(N)c2c1C(=O)c1c(N)ccc(N)c1C2=O. The van der Waals surface area contributed by atoms with E-state index in [2.05, 4.69) is 5.32 Å². The van der Waals surface area contributed by atoms with Gasteiger partial charge in [-0.3, -0.25) is 9.59 Å². The average Bonchev–Trinajstić information content (AvgIpc) is 2.46. The fourth-order valence-electron chi connectivity index (χ4n) is 2.68. The molecule has 6 heteroatoms. The molecular weight excluding hydrogens is 268 g/mol. The van der Waals surface area contributed by atoms with Crippen LogP contribution < -0.4 is 22.5 Å². The third-order valence-corrected chi connectivity index (χ3v) is 3.68. The largest absolute Gasteiger partial charge is 0.398 e. The van der Waals surface area contributed by atoms with Gasteiger partial charge < -0.3 is 22.5 Å². The molecule has 7 N–H and O–H groups in total. The zero-order valence-electron chi connectivity index (χ0n) is 11.4. The van der Waals surface area contributed by atoms with Crippen molar-refractivity contribution in [1.29, 1.82) is 0 Å². The topological polar surface area (TPSA) is 124 Å². The molecule has 0 aromatic heterocycles. The Morgan fingerprint density at radius 2 is 1.10 bits per heavy atom. The van der Waals surface area contributed by atoms with Crippen LogP contribution in [0.15, 0.2) is 24.3 Å². The third-order valence-electron chi connectivity index (χ3n) is 3.68. The standard InChI is InChI=1S/C15H14N4O2/c1-19-9-5-4-8(18)12-13(9)15(21)11-7(17)3-2-6(16)10(11)14(12)20/h2-5,19H,16-18H2,1H3. The average molecular weight is 282 g/mol. The van der Waals surface area contributed by atoms with Gasteiger partial charge in [0.1, 0.15) is 0 Å². The Morgan fingerprint density at radius 3 is 1.57 bits per heavy atom. The summed E-state index contributed by atoms with van der Waals surface area (Å²) in [4.78, 5) is 25.5. The van der Waals surface area contributed by atoms with Crippen LogP contribution in [-0.4, -0.2) is 18.6 Å². The molecule has 0 unspecified atom stereocenters. The first-order chi connectivity index (χ1) is 9.97. The van der Waals surface area contributed by atoms with Crippen molar-refractivity contribution in [2.45, 2.75) is 0 Å². The highest BCUT2D eigenvalue weighted by molar-refractivity contribution is 6.34. The van der Waals surface area contributed by atoms with Crippen molar-refractivity contribution in [2.75, 3.05) is 29.6 Å². The smallest absolute Gasteiger partial charge is 0.198 e. The van der Waals surface area contributed by atoms with Crippen LogP contribution in [-0.2, 0) is 0 Å². The Kier molecular flexibility index (Phi) is 2.62. The Bertz CT molecular complexity index is 812. The van der Waals surface area contributed by atoms with Gasteiger partial charge in [-0.1, -0.05) is 0 Å². The summed E-state index contributed by atoms with van der Waals surface area (Å²) in [6, 6.07) is 6.29. The summed E-state index contributed by atoms with van der Waals surface area (Å²) >= 11 is 0. The number of benzene rings is 2. The van der Waals surface area contributed by atoms with E-state index in [-0.39, 0.29) is 50.9 Å². The van der Waals surface area contributed by atoms with Crippen molar-refractivity contribution < 1.29 is 9.59 Å². The normalized spacial score (nSPS) is 12.8. The summed E-state index contributed by atoms with van der Waals surface area (Å²) in [5, 5.41) is 2.90. The molecule has 106 valence electrons. The van der Waals surface area contributed by atoms with E-state index in [1.807, 2.05) is 0 Å². The molecule has 0 spiro atoms. The van der Waals surface area contributed by atoms with Gasteiger partial charge >= 0.3 is 0 Å². The number of hydrogen-bond donors (Lipinski definition) is 4. The first-order valence-electron chi connectivity index (χ1n) is 6.35. The summed E-state index contributed by atoms with van der Waals surface area (Å²) in [6.07, 6.45) is 0. The lowest BCUT2D eigenvalue weighted by atomic mass is 9.81. The number of rotatable bonds is 1. The minimum absolute atomic E-state index is 0.132. The van der Waals surface area contributed by atoms with Crippen molar-refractivity contribution in [2.24, 2.45) is 0 Å². The van der Waals surface area contributed by atoms with Crippen LogP contribution in [0.1, 0.15) is 31.8 Å². The maximum atomic E-state index is 12.8. The Labute approximate surface area is 120 Å². The molecule has 21 heavy (non-hydrogen) atoms. The summed E-state index contributed by atoms with van der Waals surface area (Å²) < 4.78 is 0. The Balaban J connectivity index is 2.44. The quantitative estimate of drug-likeness (QED) is 0.498. The van der Waals surface area contributed by atoms with Crippen LogP contribution in [0, 0.1) is 0 Å². The van der Waals surface area contributed by atoms with Crippen LogP contribution in [0.2, 0.25) is 0 Å². The van der Waals surface area contributed by atoms with Crippen LogP contribution in [0.5, 0.6) is 0 Å². The van der Waals surface area contributed by atoms with Gasteiger partial charge in [0.25, 0.3) is 0 Å². The Morgan fingerprint density at radius 1 is 0.714 bits per heavy atom. The predicted molar refractivity (Wildman–Crippen MR) is 82.5 cm³/mol.